The summed E-state index contributed by atoms with van der Waals surface area (Å²) in [4.78, 5) is 3.42. The normalized spacial score (nSPS) is 11.3. The summed E-state index contributed by atoms with van der Waals surface area (Å²) in [6, 6.07) is 10.4. The fourth-order valence-corrected chi connectivity index (χ4v) is 3.58. The summed E-state index contributed by atoms with van der Waals surface area (Å²) < 4.78 is 2.15. The van der Waals surface area contributed by atoms with Crippen molar-refractivity contribution in [3.63, 3.8) is 0 Å². The van der Waals surface area contributed by atoms with Gasteiger partial charge in [-0.15, -0.1) is 11.3 Å². The highest BCUT2D eigenvalue weighted by atomic mass is 32.1. The SMILES string of the molecule is CCN(CC)c1ccc(-c2n[nH]c(=S)n2N=Cc2sccc2C)cc1. The summed E-state index contributed by atoms with van der Waals surface area (Å²) in [7, 11) is 0. The summed E-state index contributed by atoms with van der Waals surface area (Å²) in [5.41, 5.74) is 3.38. The molecule has 0 bridgehead atoms. The summed E-state index contributed by atoms with van der Waals surface area (Å²) in [6.07, 6.45) is 1.83. The van der Waals surface area contributed by atoms with Crippen molar-refractivity contribution in [3.8, 4) is 11.4 Å². The number of benzene rings is 1. The van der Waals surface area contributed by atoms with Crippen LogP contribution in [0.2, 0.25) is 0 Å². The lowest BCUT2D eigenvalue weighted by Crippen LogP contribution is -2.21. The molecule has 2 heterocycles. The van der Waals surface area contributed by atoms with E-state index in [1.54, 1.807) is 16.0 Å². The van der Waals surface area contributed by atoms with Crippen molar-refractivity contribution in [1.82, 2.24) is 14.9 Å². The lowest BCUT2D eigenvalue weighted by molar-refractivity contribution is 0.864. The first-order chi connectivity index (χ1) is 12.1. The minimum absolute atomic E-state index is 0.480. The van der Waals surface area contributed by atoms with Crippen LogP contribution >= 0.6 is 23.6 Å². The van der Waals surface area contributed by atoms with Gasteiger partial charge in [0.1, 0.15) is 0 Å². The number of anilines is 1. The van der Waals surface area contributed by atoms with Crippen LogP contribution in [0.4, 0.5) is 5.69 Å². The van der Waals surface area contributed by atoms with E-state index in [0.717, 1.165) is 23.5 Å². The van der Waals surface area contributed by atoms with Gasteiger partial charge in [-0.2, -0.15) is 14.9 Å². The van der Waals surface area contributed by atoms with Crippen LogP contribution < -0.4 is 4.90 Å². The number of H-pyrrole nitrogens is 1. The molecule has 3 aromatic rings. The largest absolute Gasteiger partial charge is 0.372 e. The Kier molecular flexibility index (Phi) is 5.45. The number of rotatable bonds is 6. The van der Waals surface area contributed by atoms with E-state index in [0.29, 0.717) is 10.6 Å². The number of nitrogens with zero attached hydrogens (tertiary/aromatic N) is 4. The Morgan fingerprint density at radius 1 is 1.24 bits per heavy atom. The molecule has 0 aliphatic heterocycles. The van der Waals surface area contributed by atoms with Crippen LogP contribution in [0, 0.1) is 11.7 Å². The van der Waals surface area contributed by atoms with Gasteiger partial charge in [0.15, 0.2) is 5.82 Å². The van der Waals surface area contributed by atoms with Gasteiger partial charge in [0, 0.05) is 24.3 Å². The van der Waals surface area contributed by atoms with Crippen LogP contribution in [-0.2, 0) is 0 Å². The molecule has 1 N–H and O–H groups in total. The monoisotopic (exact) mass is 371 g/mol. The molecule has 2 aromatic heterocycles. The Hall–Kier alpha value is -2.25. The summed E-state index contributed by atoms with van der Waals surface area (Å²) in [6.45, 7) is 8.35. The van der Waals surface area contributed by atoms with Crippen LogP contribution in [0.5, 0.6) is 0 Å². The van der Waals surface area contributed by atoms with E-state index in [4.69, 9.17) is 12.2 Å². The average Bonchev–Trinajstić information content (AvgIpc) is 3.20. The highest BCUT2D eigenvalue weighted by molar-refractivity contribution is 7.71. The van der Waals surface area contributed by atoms with Gasteiger partial charge in [-0.1, -0.05) is 0 Å². The molecule has 7 heteroatoms. The van der Waals surface area contributed by atoms with Gasteiger partial charge in [0.25, 0.3) is 0 Å². The van der Waals surface area contributed by atoms with Gasteiger partial charge in [-0.3, -0.25) is 0 Å². The van der Waals surface area contributed by atoms with Crippen molar-refractivity contribution in [1.29, 1.82) is 0 Å². The van der Waals surface area contributed by atoms with Crippen molar-refractivity contribution < 1.29 is 0 Å². The highest BCUT2D eigenvalue weighted by Crippen LogP contribution is 2.22. The first-order valence-corrected chi connectivity index (χ1v) is 9.54. The van der Waals surface area contributed by atoms with Crippen molar-refractivity contribution in [2.75, 3.05) is 18.0 Å². The molecule has 3 rings (SSSR count). The number of hydrogen-bond donors (Lipinski definition) is 1. The lowest BCUT2D eigenvalue weighted by atomic mass is 10.2. The van der Waals surface area contributed by atoms with E-state index in [9.17, 15) is 0 Å². The molecule has 0 aliphatic rings. The van der Waals surface area contributed by atoms with E-state index >= 15 is 0 Å². The second kappa shape index (κ2) is 7.76. The zero-order chi connectivity index (χ0) is 17.8. The first-order valence-electron chi connectivity index (χ1n) is 8.25. The summed E-state index contributed by atoms with van der Waals surface area (Å²) in [5.74, 6) is 0.710. The molecule has 0 radical (unpaired) electrons. The second-order valence-electron chi connectivity index (χ2n) is 5.60. The molecule has 0 fully saturated rings. The Balaban J connectivity index is 1.92. The van der Waals surface area contributed by atoms with E-state index in [1.165, 1.54) is 11.3 Å². The molecule has 0 saturated heterocycles. The van der Waals surface area contributed by atoms with Crippen LogP contribution in [0.25, 0.3) is 11.4 Å². The number of thiophene rings is 1. The third-order valence-corrected chi connectivity index (χ3v) is 5.31. The molecule has 0 atom stereocenters. The number of nitrogens with one attached hydrogen (secondary N) is 1. The molecule has 0 spiro atoms. The van der Waals surface area contributed by atoms with E-state index in [2.05, 4.69) is 76.7 Å². The highest BCUT2D eigenvalue weighted by Gasteiger charge is 2.09. The second-order valence-corrected chi connectivity index (χ2v) is 6.93. The van der Waals surface area contributed by atoms with Crippen LogP contribution in [0.3, 0.4) is 0 Å². The van der Waals surface area contributed by atoms with Crippen molar-refractivity contribution >= 4 is 35.5 Å². The molecule has 130 valence electrons. The molecule has 0 saturated carbocycles. The standard InChI is InChI=1S/C18H21N5S2/c1-4-22(5-2)15-8-6-14(7-9-15)17-20-21-18(24)23(17)19-12-16-13(3)10-11-25-16/h6-12H,4-5H2,1-3H3,(H,21,24). The Morgan fingerprint density at radius 3 is 2.56 bits per heavy atom. The molecule has 0 unspecified atom stereocenters. The van der Waals surface area contributed by atoms with Gasteiger partial charge in [0.05, 0.1) is 11.1 Å². The topological polar surface area (TPSA) is 49.2 Å². The van der Waals surface area contributed by atoms with E-state index in [-0.39, 0.29) is 0 Å². The van der Waals surface area contributed by atoms with Gasteiger partial charge in [-0.05, 0) is 74.3 Å². The minimum atomic E-state index is 0.480. The Bertz CT molecular complexity index is 914. The molecule has 25 heavy (non-hydrogen) atoms. The minimum Gasteiger partial charge on any atom is -0.372 e. The molecule has 5 nitrogen and oxygen atoms in total. The summed E-state index contributed by atoms with van der Waals surface area (Å²) in [5, 5.41) is 13.8. The Labute approximate surface area is 156 Å². The third kappa shape index (κ3) is 3.72. The quantitative estimate of drug-likeness (QED) is 0.504. The fraction of sp³-hybridized carbons (Fsp3) is 0.278. The number of hydrogen-bond acceptors (Lipinski definition) is 5. The smallest absolute Gasteiger partial charge is 0.216 e. The van der Waals surface area contributed by atoms with Crippen LogP contribution in [0.1, 0.15) is 24.3 Å². The van der Waals surface area contributed by atoms with Crippen LogP contribution in [-0.4, -0.2) is 34.2 Å². The van der Waals surface area contributed by atoms with Crippen molar-refractivity contribution in [2.45, 2.75) is 20.8 Å². The molecule has 0 amide bonds. The fourth-order valence-electron chi connectivity index (χ4n) is 2.62. The zero-order valence-electron chi connectivity index (χ0n) is 14.6. The third-order valence-electron chi connectivity index (χ3n) is 4.10. The van der Waals surface area contributed by atoms with Crippen molar-refractivity contribution in [3.05, 3.63) is 50.9 Å². The molecular weight excluding hydrogens is 350 g/mol. The maximum atomic E-state index is 5.33. The molecule has 0 aliphatic carbocycles. The Morgan fingerprint density at radius 2 is 1.96 bits per heavy atom. The predicted molar refractivity (Wildman–Crippen MR) is 108 cm³/mol. The average molecular weight is 372 g/mol. The maximum Gasteiger partial charge on any atom is 0.216 e. The lowest BCUT2D eigenvalue weighted by Gasteiger charge is -2.20. The number of aryl methyl sites for hydroxylation is 1. The van der Waals surface area contributed by atoms with E-state index < -0.39 is 0 Å². The van der Waals surface area contributed by atoms with Gasteiger partial charge >= 0.3 is 0 Å². The van der Waals surface area contributed by atoms with E-state index in [1.807, 2.05) is 6.21 Å². The van der Waals surface area contributed by atoms with Crippen LogP contribution in [0.15, 0.2) is 40.8 Å². The molecule has 1 aromatic carbocycles. The maximum absolute atomic E-state index is 5.33. The predicted octanol–water partition coefficient (Wildman–Crippen LogP) is 4.71. The summed E-state index contributed by atoms with van der Waals surface area (Å²) >= 11 is 6.99. The van der Waals surface area contributed by atoms with Gasteiger partial charge in [0.2, 0.25) is 4.77 Å². The number of aromatic nitrogens is 3. The van der Waals surface area contributed by atoms with Crippen molar-refractivity contribution in [2.24, 2.45) is 5.10 Å². The van der Waals surface area contributed by atoms with Gasteiger partial charge < -0.3 is 4.90 Å². The number of aromatic amines is 1. The zero-order valence-corrected chi connectivity index (χ0v) is 16.2. The van der Waals surface area contributed by atoms with Gasteiger partial charge in [-0.25, -0.2) is 5.10 Å². The molecular formula is C18H21N5S2. The first kappa shape index (κ1) is 17.6.